The summed E-state index contributed by atoms with van der Waals surface area (Å²) in [5.74, 6) is 0.832. The predicted molar refractivity (Wildman–Crippen MR) is 105 cm³/mol. The third kappa shape index (κ3) is 2.72. The lowest BCUT2D eigenvalue weighted by Gasteiger charge is -2.27. The van der Waals surface area contributed by atoms with Crippen molar-refractivity contribution in [2.45, 2.75) is 29.8 Å². The first-order valence-electron chi connectivity index (χ1n) is 9.86. The first kappa shape index (κ1) is 19.3. The maximum absolute atomic E-state index is 13.7. The number of hydrogen-bond acceptors (Lipinski definition) is 7. The SMILES string of the molecule is COc1ccc(OC)c(S(=O)(=O)N2[C@@H]3CC[C@H]2[C@@H]2CN(C(=O)c4cn[nH]n4)C[C@@H]23)c1. The van der Waals surface area contributed by atoms with E-state index in [9.17, 15) is 13.2 Å². The number of carbonyl (C=O) groups is 1. The van der Waals surface area contributed by atoms with E-state index < -0.39 is 10.0 Å². The van der Waals surface area contributed by atoms with E-state index in [-0.39, 0.29) is 40.4 Å². The number of nitrogens with zero attached hydrogens (tertiary/aromatic N) is 4. The van der Waals surface area contributed by atoms with E-state index in [0.29, 0.717) is 24.6 Å². The highest BCUT2D eigenvalue weighted by Gasteiger charge is 2.61. The molecule has 0 unspecified atom stereocenters. The van der Waals surface area contributed by atoms with Gasteiger partial charge in [0.2, 0.25) is 10.0 Å². The van der Waals surface area contributed by atoms with Gasteiger partial charge < -0.3 is 14.4 Å². The van der Waals surface area contributed by atoms with E-state index in [2.05, 4.69) is 15.4 Å². The van der Waals surface area contributed by atoms with Gasteiger partial charge in [-0.2, -0.15) is 19.7 Å². The number of H-pyrrole nitrogens is 1. The fourth-order valence-corrected chi connectivity index (χ4v) is 7.54. The van der Waals surface area contributed by atoms with E-state index in [4.69, 9.17) is 9.47 Å². The predicted octanol–water partition coefficient (Wildman–Crippen LogP) is 0.746. The highest BCUT2D eigenvalue weighted by molar-refractivity contribution is 7.89. The molecule has 0 saturated carbocycles. The molecule has 2 bridgehead atoms. The average molecular weight is 433 g/mol. The van der Waals surface area contributed by atoms with Crippen LogP contribution in [-0.2, 0) is 10.0 Å². The van der Waals surface area contributed by atoms with Crippen molar-refractivity contribution in [3.8, 4) is 11.5 Å². The summed E-state index contributed by atoms with van der Waals surface area (Å²) in [4.78, 5) is 14.6. The Morgan fingerprint density at radius 1 is 1.13 bits per heavy atom. The van der Waals surface area contributed by atoms with E-state index in [1.54, 1.807) is 21.3 Å². The van der Waals surface area contributed by atoms with Crippen LogP contribution in [0.3, 0.4) is 0 Å². The number of rotatable bonds is 5. The number of nitrogens with one attached hydrogen (secondary N) is 1. The normalized spacial score (nSPS) is 28.0. The van der Waals surface area contributed by atoms with Crippen LogP contribution >= 0.6 is 0 Å². The van der Waals surface area contributed by atoms with Gasteiger partial charge >= 0.3 is 0 Å². The van der Waals surface area contributed by atoms with Crippen LogP contribution in [0.4, 0.5) is 0 Å². The number of amides is 1. The van der Waals surface area contributed by atoms with Crippen LogP contribution in [0.5, 0.6) is 11.5 Å². The minimum Gasteiger partial charge on any atom is -0.497 e. The monoisotopic (exact) mass is 433 g/mol. The van der Waals surface area contributed by atoms with Crippen molar-refractivity contribution < 1.29 is 22.7 Å². The molecule has 1 aromatic carbocycles. The van der Waals surface area contributed by atoms with Crippen molar-refractivity contribution in [1.82, 2.24) is 24.6 Å². The molecule has 1 amide bonds. The molecule has 0 radical (unpaired) electrons. The molecule has 4 heterocycles. The second kappa shape index (κ2) is 6.95. The second-order valence-corrected chi connectivity index (χ2v) is 9.77. The van der Waals surface area contributed by atoms with Gasteiger partial charge in [0.1, 0.15) is 16.4 Å². The Bertz CT molecular complexity index is 1050. The Morgan fingerprint density at radius 2 is 1.83 bits per heavy atom. The lowest BCUT2D eigenvalue weighted by atomic mass is 9.82. The minimum absolute atomic E-state index is 0.117. The Balaban J connectivity index is 1.43. The third-order valence-electron chi connectivity index (χ3n) is 6.66. The van der Waals surface area contributed by atoms with Gasteiger partial charge in [0.15, 0.2) is 5.69 Å². The smallest absolute Gasteiger partial charge is 0.276 e. The Morgan fingerprint density at radius 3 is 2.40 bits per heavy atom. The lowest BCUT2D eigenvalue weighted by Crippen LogP contribution is -2.41. The molecule has 1 N–H and O–H groups in total. The van der Waals surface area contributed by atoms with Gasteiger partial charge in [-0.05, 0) is 36.8 Å². The summed E-state index contributed by atoms with van der Waals surface area (Å²) in [6, 6.07) is 4.55. The van der Waals surface area contributed by atoms with Crippen LogP contribution in [-0.4, -0.2) is 78.3 Å². The zero-order valence-electron chi connectivity index (χ0n) is 16.7. The molecule has 2 aromatic rings. The maximum Gasteiger partial charge on any atom is 0.276 e. The summed E-state index contributed by atoms with van der Waals surface area (Å²) in [7, 11) is -0.813. The number of ether oxygens (including phenoxy) is 2. The molecular formula is C19H23N5O5S. The van der Waals surface area contributed by atoms with E-state index in [0.717, 1.165) is 12.8 Å². The third-order valence-corrected chi connectivity index (χ3v) is 8.63. The quantitative estimate of drug-likeness (QED) is 0.739. The Hall–Kier alpha value is -2.66. The van der Waals surface area contributed by atoms with Crippen molar-refractivity contribution in [3.05, 3.63) is 30.1 Å². The molecule has 30 heavy (non-hydrogen) atoms. The molecule has 1 aromatic heterocycles. The minimum atomic E-state index is -3.78. The summed E-state index contributed by atoms with van der Waals surface area (Å²) in [6.07, 6.45) is 3.00. The summed E-state index contributed by atoms with van der Waals surface area (Å²) < 4.78 is 39.6. The summed E-state index contributed by atoms with van der Waals surface area (Å²) in [5.41, 5.74) is 0.285. The first-order chi connectivity index (χ1) is 14.5. The Labute approximate surface area is 174 Å². The number of methoxy groups -OCH3 is 2. The molecule has 0 aliphatic carbocycles. The molecule has 10 nitrogen and oxygen atoms in total. The van der Waals surface area contributed by atoms with Crippen LogP contribution in [0.25, 0.3) is 0 Å². The largest absolute Gasteiger partial charge is 0.497 e. The number of likely N-dealkylation sites (tertiary alicyclic amines) is 1. The maximum atomic E-state index is 13.7. The highest BCUT2D eigenvalue weighted by atomic mass is 32.2. The second-order valence-electron chi connectivity index (χ2n) is 7.96. The standard InChI is InChI=1S/C19H23N5O5S/c1-28-11-3-6-17(29-2)18(7-11)30(26,27)24-15-4-5-16(24)13-10-23(9-12(13)15)19(25)14-8-20-22-21-14/h3,6-8,12-13,15-16H,4-5,9-10H2,1-2H3,(H,20,21,22)/t12-,13+,15+,16-. The van der Waals surface area contributed by atoms with Gasteiger partial charge in [-0.15, -0.1) is 0 Å². The fourth-order valence-electron chi connectivity index (χ4n) is 5.40. The van der Waals surface area contributed by atoms with Crippen LogP contribution in [0.15, 0.2) is 29.3 Å². The van der Waals surface area contributed by atoms with Gasteiger partial charge in [0.25, 0.3) is 5.91 Å². The molecule has 0 spiro atoms. The van der Waals surface area contributed by atoms with Gasteiger partial charge in [-0.1, -0.05) is 0 Å². The van der Waals surface area contributed by atoms with Gasteiger partial charge in [-0.25, -0.2) is 8.42 Å². The molecule has 3 saturated heterocycles. The van der Waals surface area contributed by atoms with Crippen molar-refractivity contribution in [2.24, 2.45) is 11.8 Å². The van der Waals surface area contributed by atoms with Crippen LogP contribution in [0.1, 0.15) is 23.3 Å². The zero-order chi connectivity index (χ0) is 21.0. The number of benzene rings is 1. The lowest BCUT2D eigenvalue weighted by molar-refractivity contribution is 0.0767. The molecule has 3 aliphatic rings. The molecule has 3 fully saturated rings. The van der Waals surface area contributed by atoms with E-state index >= 15 is 0 Å². The van der Waals surface area contributed by atoms with Crippen molar-refractivity contribution in [2.75, 3.05) is 27.3 Å². The number of aromatic amines is 1. The van der Waals surface area contributed by atoms with Crippen molar-refractivity contribution in [3.63, 3.8) is 0 Å². The van der Waals surface area contributed by atoms with Crippen molar-refractivity contribution in [1.29, 1.82) is 0 Å². The van der Waals surface area contributed by atoms with E-state index in [1.807, 2.05) is 0 Å². The molecular weight excluding hydrogens is 410 g/mol. The highest BCUT2D eigenvalue weighted by Crippen LogP contribution is 2.52. The number of sulfonamides is 1. The summed E-state index contributed by atoms with van der Waals surface area (Å²) in [6.45, 7) is 1.05. The van der Waals surface area contributed by atoms with Gasteiger partial charge in [-0.3, -0.25) is 4.79 Å². The molecule has 3 aliphatic heterocycles. The Kier molecular flexibility index (Phi) is 4.47. The van der Waals surface area contributed by atoms with Crippen LogP contribution < -0.4 is 9.47 Å². The number of aromatic nitrogens is 3. The molecule has 11 heteroatoms. The molecule has 5 rings (SSSR count). The molecule has 4 atom stereocenters. The summed E-state index contributed by atoms with van der Waals surface area (Å²) in [5, 5.41) is 10.0. The van der Waals surface area contributed by atoms with Crippen LogP contribution in [0, 0.1) is 11.8 Å². The summed E-state index contributed by atoms with van der Waals surface area (Å²) >= 11 is 0. The first-order valence-corrected chi connectivity index (χ1v) is 11.3. The number of carbonyl (C=O) groups excluding carboxylic acids is 1. The van der Waals surface area contributed by atoms with Gasteiger partial charge in [0, 0.05) is 31.2 Å². The van der Waals surface area contributed by atoms with E-state index in [1.165, 1.54) is 26.5 Å². The number of fused-ring (bicyclic) bond motifs is 5. The van der Waals surface area contributed by atoms with Gasteiger partial charge in [0.05, 0.1) is 20.4 Å². The van der Waals surface area contributed by atoms with Crippen LogP contribution in [0.2, 0.25) is 0 Å². The number of hydrogen-bond donors (Lipinski definition) is 1. The topological polar surface area (TPSA) is 118 Å². The van der Waals surface area contributed by atoms with Crippen molar-refractivity contribution >= 4 is 15.9 Å². The average Bonchev–Trinajstić information content (AvgIpc) is 3.53. The molecule has 160 valence electrons. The zero-order valence-corrected chi connectivity index (χ0v) is 17.5. The fraction of sp³-hybridized carbons (Fsp3) is 0.526.